The summed E-state index contributed by atoms with van der Waals surface area (Å²) in [5.41, 5.74) is 2.15. The summed E-state index contributed by atoms with van der Waals surface area (Å²) >= 11 is 0. The van der Waals surface area contributed by atoms with Crippen LogP contribution in [0.1, 0.15) is 17.2 Å². The summed E-state index contributed by atoms with van der Waals surface area (Å²) in [6.45, 7) is 0.532. The van der Waals surface area contributed by atoms with Crippen molar-refractivity contribution in [3.05, 3.63) is 71.8 Å². The minimum Gasteiger partial charge on any atom is -0.356 e. The van der Waals surface area contributed by atoms with Crippen molar-refractivity contribution in [2.75, 3.05) is 0 Å². The van der Waals surface area contributed by atoms with E-state index in [0.29, 0.717) is 6.61 Å². The highest BCUT2D eigenvalue weighted by molar-refractivity contribution is 5.24. The summed E-state index contributed by atoms with van der Waals surface area (Å²) < 4.78 is 5.73. The van der Waals surface area contributed by atoms with Gasteiger partial charge in [-0.25, -0.2) is 0 Å². The molecular formula is C16H14O. The fourth-order valence-corrected chi connectivity index (χ4v) is 1.62. The van der Waals surface area contributed by atoms with Crippen LogP contribution < -0.4 is 0 Å². The molecule has 0 heterocycles. The molecule has 1 atom stereocenters. The molecule has 84 valence electrons. The Kier molecular flexibility index (Phi) is 3.96. The van der Waals surface area contributed by atoms with Crippen LogP contribution in [-0.2, 0) is 11.3 Å². The number of ether oxygens (including phenoxy) is 1. The van der Waals surface area contributed by atoms with Gasteiger partial charge in [0.25, 0.3) is 0 Å². The van der Waals surface area contributed by atoms with E-state index in [-0.39, 0.29) is 6.10 Å². The Labute approximate surface area is 102 Å². The van der Waals surface area contributed by atoms with Gasteiger partial charge in [0.15, 0.2) is 0 Å². The van der Waals surface area contributed by atoms with Crippen molar-refractivity contribution in [2.24, 2.45) is 0 Å². The molecule has 17 heavy (non-hydrogen) atoms. The molecule has 0 amide bonds. The molecule has 1 nitrogen and oxygen atoms in total. The van der Waals surface area contributed by atoms with Crippen LogP contribution in [0.3, 0.4) is 0 Å². The molecule has 0 radical (unpaired) electrons. The lowest BCUT2D eigenvalue weighted by Gasteiger charge is -2.12. The van der Waals surface area contributed by atoms with Crippen LogP contribution in [0.2, 0.25) is 0 Å². The number of terminal acetylenes is 1. The molecule has 1 heteroatoms. The Bertz CT molecular complexity index is 482. The van der Waals surface area contributed by atoms with Crippen molar-refractivity contribution in [3.8, 4) is 12.3 Å². The van der Waals surface area contributed by atoms with Gasteiger partial charge in [0.1, 0.15) is 6.10 Å². The van der Waals surface area contributed by atoms with E-state index >= 15 is 0 Å². The van der Waals surface area contributed by atoms with Gasteiger partial charge in [-0.2, -0.15) is 0 Å². The summed E-state index contributed by atoms with van der Waals surface area (Å²) in [6, 6.07) is 19.9. The molecular weight excluding hydrogens is 208 g/mol. The second kappa shape index (κ2) is 5.89. The highest BCUT2D eigenvalue weighted by Gasteiger charge is 2.07. The number of hydrogen-bond donors (Lipinski definition) is 0. The first-order valence-electron chi connectivity index (χ1n) is 5.57. The third kappa shape index (κ3) is 3.21. The lowest BCUT2D eigenvalue weighted by Crippen LogP contribution is -2.01. The van der Waals surface area contributed by atoms with E-state index in [4.69, 9.17) is 11.2 Å². The summed E-state index contributed by atoms with van der Waals surface area (Å²) in [6.07, 6.45) is 5.21. The molecule has 2 rings (SSSR count). The van der Waals surface area contributed by atoms with Crippen molar-refractivity contribution >= 4 is 0 Å². The predicted octanol–water partition coefficient (Wildman–Crippen LogP) is 3.58. The minimum absolute atomic E-state index is 0.281. The van der Waals surface area contributed by atoms with Gasteiger partial charge < -0.3 is 4.74 Å². The number of hydrogen-bond acceptors (Lipinski definition) is 1. The van der Waals surface area contributed by atoms with E-state index in [0.717, 1.165) is 11.1 Å². The molecule has 0 aliphatic heterocycles. The first kappa shape index (κ1) is 11.4. The summed E-state index contributed by atoms with van der Waals surface area (Å²) in [5.74, 6) is 2.67. The summed E-state index contributed by atoms with van der Waals surface area (Å²) in [5, 5.41) is 0. The molecule has 0 saturated carbocycles. The van der Waals surface area contributed by atoms with Crippen molar-refractivity contribution in [2.45, 2.75) is 12.7 Å². The molecule has 0 N–H and O–H groups in total. The van der Waals surface area contributed by atoms with Crippen molar-refractivity contribution < 1.29 is 4.74 Å². The highest BCUT2D eigenvalue weighted by Crippen LogP contribution is 2.17. The van der Waals surface area contributed by atoms with Gasteiger partial charge in [0, 0.05) is 0 Å². The molecule has 0 unspecified atom stereocenters. The van der Waals surface area contributed by atoms with Gasteiger partial charge in [-0.1, -0.05) is 66.6 Å². The molecule has 0 fully saturated rings. The fraction of sp³-hybridized carbons (Fsp3) is 0.125. The van der Waals surface area contributed by atoms with E-state index in [2.05, 4.69) is 5.92 Å². The van der Waals surface area contributed by atoms with Crippen LogP contribution in [-0.4, -0.2) is 0 Å². The average Bonchev–Trinajstić information content (AvgIpc) is 2.42. The van der Waals surface area contributed by atoms with Crippen molar-refractivity contribution in [1.29, 1.82) is 0 Å². The highest BCUT2D eigenvalue weighted by atomic mass is 16.5. The van der Waals surface area contributed by atoms with Crippen LogP contribution in [0.4, 0.5) is 0 Å². The third-order valence-corrected chi connectivity index (χ3v) is 2.51. The molecule has 0 spiro atoms. The van der Waals surface area contributed by atoms with E-state index < -0.39 is 0 Å². The normalized spacial score (nSPS) is 11.7. The van der Waals surface area contributed by atoms with E-state index in [1.54, 1.807) is 0 Å². The second-order valence-corrected chi connectivity index (χ2v) is 3.75. The van der Waals surface area contributed by atoms with Gasteiger partial charge in [-0.05, 0) is 11.1 Å². The lowest BCUT2D eigenvalue weighted by atomic mass is 10.1. The predicted molar refractivity (Wildman–Crippen MR) is 69.2 cm³/mol. The van der Waals surface area contributed by atoms with Crippen LogP contribution >= 0.6 is 0 Å². The molecule has 2 aromatic carbocycles. The molecule has 0 aromatic heterocycles. The van der Waals surface area contributed by atoms with Crippen molar-refractivity contribution in [1.82, 2.24) is 0 Å². The maximum Gasteiger partial charge on any atom is 0.143 e. The monoisotopic (exact) mass is 222 g/mol. The molecule has 0 aliphatic carbocycles. The molecule has 0 aliphatic rings. The van der Waals surface area contributed by atoms with Crippen LogP contribution in [0.5, 0.6) is 0 Å². The molecule has 0 saturated heterocycles. The summed E-state index contributed by atoms with van der Waals surface area (Å²) in [7, 11) is 0. The zero-order valence-electron chi connectivity index (χ0n) is 9.54. The zero-order chi connectivity index (χ0) is 11.9. The Morgan fingerprint density at radius 2 is 1.53 bits per heavy atom. The standard InChI is InChI=1S/C16H14O/c1-2-16(15-11-7-4-8-12-15)17-13-14-9-5-3-6-10-14/h1,3-12,16H,13H2/t16-/m1/s1. The maximum atomic E-state index is 5.73. The van der Waals surface area contributed by atoms with Crippen LogP contribution in [0.25, 0.3) is 0 Å². The number of benzene rings is 2. The Morgan fingerprint density at radius 1 is 0.941 bits per heavy atom. The maximum absolute atomic E-state index is 5.73. The molecule has 2 aromatic rings. The smallest absolute Gasteiger partial charge is 0.143 e. The Balaban J connectivity index is 2.01. The Hall–Kier alpha value is -2.04. The zero-order valence-corrected chi connectivity index (χ0v) is 9.54. The Morgan fingerprint density at radius 3 is 2.12 bits per heavy atom. The number of rotatable bonds is 4. The van der Waals surface area contributed by atoms with Gasteiger partial charge in [0.2, 0.25) is 0 Å². The van der Waals surface area contributed by atoms with Gasteiger partial charge >= 0.3 is 0 Å². The summed E-state index contributed by atoms with van der Waals surface area (Å²) in [4.78, 5) is 0. The van der Waals surface area contributed by atoms with E-state index in [1.165, 1.54) is 0 Å². The lowest BCUT2D eigenvalue weighted by molar-refractivity contribution is 0.0782. The van der Waals surface area contributed by atoms with Crippen LogP contribution in [0.15, 0.2) is 60.7 Å². The average molecular weight is 222 g/mol. The quantitative estimate of drug-likeness (QED) is 0.718. The van der Waals surface area contributed by atoms with Gasteiger partial charge in [0.05, 0.1) is 6.61 Å². The van der Waals surface area contributed by atoms with E-state index in [9.17, 15) is 0 Å². The van der Waals surface area contributed by atoms with Crippen molar-refractivity contribution in [3.63, 3.8) is 0 Å². The third-order valence-electron chi connectivity index (χ3n) is 2.51. The van der Waals surface area contributed by atoms with E-state index in [1.807, 2.05) is 60.7 Å². The van der Waals surface area contributed by atoms with Gasteiger partial charge in [-0.15, -0.1) is 6.42 Å². The van der Waals surface area contributed by atoms with Gasteiger partial charge in [-0.3, -0.25) is 0 Å². The molecule has 0 bridgehead atoms. The SMILES string of the molecule is C#C[C@@H](OCc1ccccc1)c1ccccc1. The largest absolute Gasteiger partial charge is 0.356 e. The fourth-order valence-electron chi connectivity index (χ4n) is 1.62. The second-order valence-electron chi connectivity index (χ2n) is 3.75. The first-order chi connectivity index (χ1) is 8.40. The topological polar surface area (TPSA) is 9.23 Å². The van der Waals surface area contributed by atoms with Crippen LogP contribution in [0, 0.1) is 12.3 Å². The first-order valence-corrected chi connectivity index (χ1v) is 5.57. The minimum atomic E-state index is -0.281.